The van der Waals surface area contributed by atoms with Gasteiger partial charge in [-0.3, -0.25) is 4.68 Å². The van der Waals surface area contributed by atoms with Crippen molar-refractivity contribution < 1.29 is 13.2 Å². The zero-order valence-corrected chi connectivity index (χ0v) is 10.6. The van der Waals surface area contributed by atoms with Crippen LogP contribution in [0, 0.1) is 0 Å². The smallest absolute Gasteiger partial charge is 0.244 e. The van der Waals surface area contributed by atoms with Crippen molar-refractivity contribution in [2.45, 2.75) is 17.0 Å². The molecule has 0 bridgehead atoms. The van der Waals surface area contributed by atoms with Gasteiger partial charge in [0.25, 0.3) is 0 Å². The van der Waals surface area contributed by atoms with Gasteiger partial charge in [-0.25, -0.2) is 13.1 Å². The molecule has 2 rings (SSSR count). The maximum atomic E-state index is 12.0. The van der Waals surface area contributed by atoms with Crippen molar-refractivity contribution in [2.24, 2.45) is 7.05 Å². The molecule has 2 N–H and O–H groups in total. The van der Waals surface area contributed by atoms with Crippen LogP contribution in [0.2, 0.25) is 0 Å². The summed E-state index contributed by atoms with van der Waals surface area (Å²) in [4.78, 5) is 0.168. The molecule has 0 spiro atoms. The average molecular weight is 260 g/mol. The molecule has 1 aliphatic heterocycles. The highest BCUT2D eigenvalue weighted by Crippen LogP contribution is 2.11. The molecule has 2 atom stereocenters. The summed E-state index contributed by atoms with van der Waals surface area (Å²) in [7, 11) is -0.272. The fraction of sp³-hybridized carbons (Fsp3) is 0.667. The van der Waals surface area contributed by atoms with Crippen LogP contribution in [0.3, 0.4) is 0 Å². The summed E-state index contributed by atoms with van der Waals surface area (Å²) in [5.74, 6) is 0. The Bertz CT molecular complexity index is 484. The molecule has 96 valence electrons. The van der Waals surface area contributed by atoms with Crippen molar-refractivity contribution in [3.63, 3.8) is 0 Å². The summed E-state index contributed by atoms with van der Waals surface area (Å²) >= 11 is 0. The third kappa shape index (κ3) is 2.65. The Balaban J connectivity index is 2.12. The maximum Gasteiger partial charge on any atom is 0.244 e. The molecule has 0 aliphatic carbocycles. The first-order chi connectivity index (χ1) is 8.03. The Morgan fingerprint density at radius 1 is 1.59 bits per heavy atom. The Labute approximate surface area is 100 Å². The maximum absolute atomic E-state index is 12.0. The fourth-order valence-corrected chi connectivity index (χ4v) is 3.07. The molecular weight excluding hydrogens is 244 g/mol. The fourth-order valence-electron chi connectivity index (χ4n) is 1.82. The highest BCUT2D eigenvalue weighted by molar-refractivity contribution is 7.89. The summed E-state index contributed by atoms with van der Waals surface area (Å²) in [6.45, 7) is 1.22. The van der Waals surface area contributed by atoms with E-state index in [2.05, 4.69) is 15.1 Å². The molecule has 17 heavy (non-hydrogen) atoms. The highest BCUT2D eigenvalue weighted by atomic mass is 32.2. The van der Waals surface area contributed by atoms with Gasteiger partial charge in [0, 0.05) is 33.4 Å². The second-order valence-corrected chi connectivity index (χ2v) is 5.72. The van der Waals surface area contributed by atoms with Crippen molar-refractivity contribution in [1.82, 2.24) is 19.8 Å². The van der Waals surface area contributed by atoms with Gasteiger partial charge in [-0.1, -0.05) is 0 Å². The van der Waals surface area contributed by atoms with Crippen molar-refractivity contribution in [2.75, 3.05) is 20.2 Å². The number of methoxy groups -OCH3 is 1. The summed E-state index contributed by atoms with van der Waals surface area (Å²) in [6, 6.07) is -0.245. The van der Waals surface area contributed by atoms with Gasteiger partial charge in [0.05, 0.1) is 18.3 Å². The quantitative estimate of drug-likeness (QED) is 0.702. The van der Waals surface area contributed by atoms with Crippen LogP contribution >= 0.6 is 0 Å². The van der Waals surface area contributed by atoms with Gasteiger partial charge in [-0.2, -0.15) is 5.10 Å². The molecule has 1 fully saturated rings. The number of rotatable bonds is 4. The van der Waals surface area contributed by atoms with Gasteiger partial charge in [-0.15, -0.1) is 0 Å². The molecule has 1 aromatic rings. The molecule has 7 nitrogen and oxygen atoms in total. The number of aromatic nitrogens is 2. The van der Waals surface area contributed by atoms with Gasteiger partial charge in [0.2, 0.25) is 10.0 Å². The first-order valence-corrected chi connectivity index (χ1v) is 6.76. The minimum absolute atomic E-state index is 0.138. The number of hydrogen-bond acceptors (Lipinski definition) is 5. The summed E-state index contributed by atoms with van der Waals surface area (Å²) < 4.78 is 33.3. The zero-order valence-electron chi connectivity index (χ0n) is 9.75. The Morgan fingerprint density at radius 3 is 2.94 bits per heavy atom. The zero-order chi connectivity index (χ0) is 12.5. The van der Waals surface area contributed by atoms with Crippen molar-refractivity contribution in [1.29, 1.82) is 0 Å². The summed E-state index contributed by atoms with van der Waals surface area (Å²) in [6.07, 6.45) is 2.65. The molecule has 1 saturated heterocycles. The number of nitrogens with zero attached hydrogens (tertiary/aromatic N) is 2. The van der Waals surface area contributed by atoms with E-state index in [4.69, 9.17) is 4.74 Å². The van der Waals surface area contributed by atoms with E-state index in [1.54, 1.807) is 14.2 Å². The minimum Gasteiger partial charge on any atom is -0.378 e. The van der Waals surface area contributed by atoms with E-state index in [9.17, 15) is 8.42 Å². The first kappa shape index (κ1) is 12.5. The van der Waals surface area contributed by atoms with Crippen molar-refractivity contribution >= 4 is 10.0 Å². The topological polar surface area (TPSA) is 85.2 Å². The first-order valence-electron chi connectivity index (χ1n) is 5.27. The van der Waals surface area contributed by atoms with Crippen molar-refractivity contribution in [3.05, 3.63) is 12.4 Å². The molecule has 8 heteroatoms. The molecule has 2 heterocycles. The molecule has 1 aliphatic rings. The van der Waals surface area contributed by atoms with Crippen LogP contribution in [-0.4, -0.2) is 50.5 Å². The molecule has 1 aromatic heterocycles. The SMILES string of the molecule is CO[C@@H]1CNCC1NS(=O)(=O)c1cnn(C)c1. The van der Waals surface area contributed by atoms with Crippen molar-refractivity contribution in [3.8, 4) is 0 Å². The molecular formula is C9H16N4O3S. The number of sulfonamides is 1. The third-order valence-electron chi connectivity index (χ3n) is 2.76. The second-order valence-electron chi connectivity index (χ2n) is 4.01. The molecule has 0 saturated carbocycles. The Hall–Kier alpha value is -0.960. The lowest BCUT2D eigenvalue weighted by Crippen LogP contribution is -2.43. The molecule has 1 unspecified atom stereocenters. The minimum atomic E-state index is -3.52. The van der Waals surface area contributed by atoms with E-state index in [0.717, 1.165) is 0 Å². The summed E-state index contributed by atoms with van der Waals surface area (Å²) in [5, 5.41) is 6.93. The van der Waals surface area contributed by atoms with Crippen LogP contribution in [0.5, 0.6) is 0 Å². The van der Waals surface area contributed by atoms with E-state index in [1.807, 2.05) is 0 Å². The number of hydrogen-bond donors (Lipinski definition) is 2. The van der Waals surface area contributed by atoms with Gasteiger partial charge >= 0.3 is 0 Å². The molecule has 0 aromatic carbocycles. The Morgan fingerprint density at radius 2 is 2.35 bits per heavy atom. The van der Waals surface area contributed by atoms with Crippen LogP contribution in [0.25, 0.3) is 0 Å². The normalized spacial score (nSPS) is 25.3. The standard InChI is InChI=1S/C9H16N4O3S/c1-13-6-7(3-11-13)17(14,15)12-8-4-10-5-9(8)16-2/h3,6,8-10,12H,4-5H2,1-2H3/t8?,9-/m1/s1. The van der Waals surface area contributed by atoms with Gasteiger partial charge in [0.15, 0.2) is 0 Å². The van der Waals surface area contributed by atoms with Crippen LogP contribution in [-0.2, 0) is 21.8 Å². The Kier molecular flexibility index (Phi) is 3.48. The number of ether oxygens (including phenoxy) is 1. The van der Waals surface area contributed by atoms with Crippen LogP contribution in [0.1, 0.15) is 0 Å². The monoisotopic (exact) mass is 260 g/mol. The van der Waals surface area contributed by atoms with E-state index < -0.39 is 10.0 Å². The predicted molar refractivity (Wildman–Crippen MR) is 61.0 cm³/mol. The lowest BCUT2D eigenvalue weighted by molar-refractivity contribution is 0.103. The van der Waals surface area contributed by atoms with Crippen LogP contribution in [0.15, 0.2) is 17.3 Å². The predicted octanol–water partition coefficient (Wildman–Crippen LogP) is -1.31. The molecule has 0 amide bonds. The third-order valence-corrected chi connectivity index (χ3v) is 4.20. The molecule has 0 radical (unpaired) electrons. The lowest BCUT2D eigenvalue weighted by atomic mass is 10.2. The van der Waals surface area contributed by atoms with E-state index in [0.29, 0.717) is 13.1 Å². The summed E-state index contributed by atoms with van der Waals surface area (Å²) in [5.41, 5.74) is 0. The van der Waals surface area contributed by atoms with Gasteiger partial charge in [-0.05, 0) is 0 Å². The largest absolute Gasteiger partial charge is 0.378 e. The van der Waals surface area contributed by atoms with E-state index in [-0.39, 0.29) is 17.0 Å². The van der Waals surface area contributed by atoms with Crippen LogP contribution < -0.4 is 10.0 Å². The number of nitrogens with one attached hydrogen (secondary N) is 2. The van der Waals surface area contributed by atoms with Gasteiger partial charge < -0.3 is 10.1 Å². The number of aryl methyl sites for hydroxylation is 1. The second kappa shape index (κ2) is 4.73. The van der Waals surface area contributed by atoms with E-state index in [1.165, 1.54) is 17.1 Å². The average Bonchev–Trinajstić information content (AvgIpc) is 2.86. The van der Waals surface area contributed by atoms with Crippen LogP contribution in [0.4, 0.5) is 0 Å². The lowest BCUT2D eigenvalue weighted by Gasteiger charge is -2.17. The van der Waals surface area contributed by atoms with E-state index >= 15 is 0 Å². The van der Waals surface area contributed by atoms with Gasteiger partial charge in [0.1, 0.15) is 4.90 Å². The highest BCUT2D eigenvalue weighted by Gasteiger charge is 2.31.